The van der Waals surface area contributed by atoms with Crippen LogP contribution in [0.15, 0.2) is 29.4 Å². The van der Waals surface area contributed by atoms with Crippen LogP contribution in [0.25, 0.3) is 0 Å². The Balaban J connectivity index is 2.08. The lowest BCUT2D eigenvalue weighted by Gasteiger charge is -2.33. The van der Waals surface area contributed by atoms with Crippen molar-refractivity contribution in [2.75, 3.05) is 13.1 Å². The fraction of sp³-hybridized carbons (Fsp3) is 0.385. The number of amidine groups is 1. The minimum atomic E-state index is -0.0763. The Morgan fingerprint density at radius 3 is 2.89 bits per heavy atom. The third kappa shape index (κ3) is 2.16. The molecule has 5 nitrogen and oxygen atoms in total. The third-order valence-corrected chi connectivity index (χ3v) is 3.33. The van der Waals surface area contributed by atoms with Gasteiger partial charge in [-0.1, -0.05) is 29.4 Å². The molecule has 1 amide bonds. The highest BCUT2D eigenvalue weighted by molar-refractivity contribution is 5.91. The molecule has 0 aromatic heterocycles. The summed E-state index contributed by atoms with van der Waals surface area (Å²) in [7, 11) is 0. The zero-order valence-corrected chi connectivity index (χ0v) is 10.3. The van der Waals surface area contributed by atoms with Gasteiger partial charge >= 0.3 is 0 Å². The van der Waals surface area contributed by atoms with Gasteiger partial charge in [0.05, 0.1) is 12.5 Å². The monoisotopic (exact) mass is 247 g/mol. The summed E-state index contributed by atoms with van der Waals surface area (Å²) in [6, 6.07) is 7.95. The number of carbonyl (C=O) groups excluding carboxylic acids is 1. The van der Waals surface area contributed by atoms with Crippen molar-refractivity contribution in [1.29, 1.82) is 0 Å². The minimum Gasteiger partial charge on any atom is -0.409 e. The zero-order chi connectivity index (χ0) is 13.1. The van der Waals surface area contributed by atoms with Crippen molar-refractivity contribution in [1.82, 2.24) is 4.90 Å². The van der Waals surface area contributed by atoms with Crippen LogP contribution < -0.4 is 5.73 Å². The molecule has 2 rings (SSSR count). The van der Waals surface area contributed by atoms with Gasteiger partial charge in [-0.3, -0.25) is 4.79 Å². The van der Waals surface area contributed by atoms with Crippen molar-refractivity contribution < 1.29 is 10.0 Å². The summed E-state index contributed by atoms with van der Waals surface area (Å²) in [5, 5.41) is 11.5. The van der Waals surface area contributed by atoms with E-state index in [1.54, 1.807) is 4.90 Å². The zero-order valence-electron chi connectivity index (χ0n) is 10.3. The number of carbonyl (C=O) groups is 1. The molecule has 0 saturated heterocycles. The normalized spacial score (nSPS) is 17.8. The molecule has 1 atom stereocenters. The number of fused-ring (bicyclic) bond motifs is 1. The summed E-state index contributed by atoms with van der Waals surface area (Å²) in [4.78, 5) is 13.9. The van der Waals surface area contributed by atoms with E-state index in [2.05, 4.69) is 5.16 Å². The first-order valence-corrected chi connectivity index (χ1v) is 6.00. The predicted molar refractivity (Wildman–Crippen MR) is 68.5 cm³/mol. The van der Waals surface area contributed by atoms with E-state index in [0.717, 1.165) is 12.0 Å². The van der Waals surface area contributed by atoms with E-state index in [4.69, 9.17) is 10.9 Å². The van der Waals surface area contributed by atoms with Crippen molar-refractivity contribution in [3.8, 4) is 0 Å². The molecule has 0 spiro atoms. The van der Waals surface area contributed by atoms with Gasteiger partial charge in [0.2, 0.25) is 5.91 Å². The average molecular weight is 247 g/mol. The molecule has 0 aliphatic heterocycles. The van der Waals surface area contributed by atoms with Crippen LogP contribution in [0.3, 0.4) is 0 Å². The Morgan fingerprint density at radius 1 is 1.56 bits per heavy atom. The molecule has 1 aliphatic rings. The molecule has 5 heteroatoms. The van der Waals surface area contributed by atoms with Crippen LogP contribution in [0, 0.1) is 0 Å². The number of oxime groups is 1. The van der Waals surface area contributed by atoms with E-state index < -0.39 is 0 Å². The second-order valence-electron chi connectivity index (χ2n) is 4.40. The lowest BCUT2D eigenvalue weighted by Crippen LogP contribution is -2.43. The van der Waals surface area contributed by atoms with E-state index in [-0.39, 0.29) is 24.2 Å². The second-order valence-corrected chi connectivity index (χ2v) is 4.40. The summed E-state index contributed by atoms with van der Waals surface area (Å²) in [6.45, 7) is 2.60. The predicted octanol–water partition coefficient (Wildman–Crippen LogP) is 0.921. The molecular weight excluding hydrogens is 230 g/mol. The van der Waals surface area contributed by atoms with Gasteiger partial charge < -0.3 is 15.8 Å². The molecule has 0 bridgehead atoms. The topological polar surface area (TPSA) is 78.9 Å². The maximum absolute atomic E-state index is 12.3. The molecule has 1 aliphatic carbocycles. The molecule has 0 saturated carbocycles. The van der Waals surface area contributed by atoms with E-state index in [0.29, 0.717) is 6.54 Å². The van der Waals surface area contributed by atoms with E-state index >= 15 is 0 Å². The molecule has 0 heterocycles. The number of rotatable bonds is 4. The first kappa shape index (κ1) is 12.4. The average Bonchev–Trinajstić information content (AvgIpc) is 2.36. The molecule has 1 aromatic carbocycles. The van der Waals surface area contributed by atoms with Gasteiger partial charge in [0.25, 0.3) is 0 Å². The molecule has 96 valence electrons. The van der Waals surface area contributed by atoms with Crippen LogP contribution in [-0.2, 0) is 11.2 Å². The number of nitrogens with two attached hydrogens (primary N) is 1. The molecule has 18 heavy (non-hydrogen) atoms. The van der Waals surface area contributed by atoms with Crippen LogP contribution >= 0.6 is 0 Å². The highest BCUT2D eigenvalue weighted by Gasteiger charge is 2.34. The Bertz CT molecular complexity index is 485. The standard InChI is InChI=1S/C13H17N3O2/c1-2-16(8-12(14)15-18)13(17)11-7-9-5-3-4-6-10(9)11/h3-6,11,18H,2,7-8H2,1H3,(H2,14,15). The van der Waals surface area contributed by atoms with Gasteiger partial charge in [0.15, 0.2) is 5.84 Å². The summed E-state index contributed by atoms with van der Waals surface area (Å²) in [6.07, 6.45) is 0.779. The lowest BCUT2D eigenvalue weighted by atomic mass is 9.77. The number of hydrogen-bond acceptors (Lipinski definition) is 3. The Hall–Kier alpha value is -2.04. The first-order valence-electron chi connectivity index (χ1n) is 6.00. The van der Waals surface area contributed by atoms with E-state index in [1.807, 2.05) is 31.2 Å². The van der Waals surface area contributed by atoms with Crippen LogP contribution in [-0.4, -0.2) is 34.9 Å². The van der Waals surface area contributed by atoms with Gasteiger partial charge in [-0.05, 0) is 24.5 Å². The van der Waals surface area contributed by atoms with Crippen molar-refractivity contribution in [3.63, 3.8) is 0 Å². The Morgan fingerprint density at radius 2 is 2.28 bits per heavy atom. The molecular formula is C13H17N3O2. The van der Waals surface area contributed by atoms with Crippen molar-refractivity contribution >= 4 is 11.7 Å². The first-order chi connectivity index (χ1) is 8.67. The van der Waals surface area contributed by atoms with Gasteiger partial charge in [-0.25, -0.2) is 0 Å². The fourth-order valence-corrected chi connectivity index (χ4v) is 2.27. The quantitative estimate of drug-likeness (QED) is 0.359. The maximum Gasteiger partial charge on any atom is 0.230 e. The van der Waals surface area contributed by atoms with Gasteiger partial charge in [-0.15, -0.1) is 0 Å². The van der Waals surface area contributed by atoms with Crippen LogP contribution in [0.5, 0.6) is 0 Å². The highest BCUT2D eigenvalue weighted by atomic mass is 16.4. The number of nitrogens with zero attached hydrogens (tertiary/aromatic N) is 2. The van der Waals surface area contributed by atoms with Crippen LogP contribution in [0.1, 0.15) is 24.0 Å². The van der Waals surface area contributed by atoms with Gasteiger partial charge in [-0.2, -0.15) is 0 Å². The smallest absolute Gasteiger partial charge is 0.230 e. The highest BCUT2D eigenvalue weighted by Crippen LogP contribution is 2.36. The third-order valence-electron chi connectivity index (χ3n) is 3.33. The minimum absolute atomic E-state index is 0.0443. The van der Waals surface area contributed by atoms with E-state index in [9.17, 15) is 4.79 Å². The van der Waals surface area contributed by atoms with Crippen molar-refractivity contribution in [3.05, 3.63) is 35.4 Å². The van der Waals surface area contributed by atoms with Crippen molar-refractivity contribution in [2.24, 2.45) is 10.9 Å². The lowest BCUT2D eigenvalue weighted by molar-refractivity contribution is -0.132. The molecule has 0 fully saturated rings. The summed E-state index contributed by atoms with van der Waals surface area (Å²) in [5.41, 5.74) is 7.78. The number of amides is 1. The summed E-state index contributed by atoms with van der Waals surface area (Å²) >= 11 is 0. The number of benzene rings is 1. The molecule has 1 unspecified atom stereocenters. The Kier molecular flexibility index (Phi) is 3.50. The molecule has 0 radical (unpaired) electrons. The summed E-state index contributed by atoms with van der Waals surface area (Å²) < 4.78 is 0. The largest absolute Gasteiger partial charge is 0.409 e. The summed E-state index contributed by atoms with van der Waals surface area (Å²) in [5.74, 6) is 0.0215. The van der Waals surface area contributed by atoms with E-state index in [1.165, 1.54) is 5.56 Å². The van der Waals surface area contributed by atoms with Gasteiger partial charge in [0.1, 0.15) is 0 Å². The fourth-order valence-electron chi connectivity index (χ4n) is 2.27. The maximum atomic E-state index is 12.3. The van der Waals surface area contributed by atoms with Crippen LogP contribution in [0.4, 0.5) is 0 Å². The van der Waals surface area contributed by atoms with Gasteiger partial charge in [0, 0.05) is 6.54 Å². The number of hydrogen-bond donors (Lipinski definition) is 2. The second kappa shape index (κ2) is 5.08. The molecule has 1 aromatic rings. The number of likely N-dealkylation sites (N-methyl/N-ethyl adjacent to an activating group) is 1. The Labute approximate surface area is 106 Å². The van der Waals surface area contributed by atoms with Crippen LogP contribution in [0.2, 0.25) is 0 Å². The van der Waals surface area contributed by atoms with Crippen molar-refractivity contribution in [2.45, 2.75) is 19.3 Å². The SMILES string of the molecule is CCN(CC(N)=NO)C(=O)C1Cc2ccccc21. The molecule has 3 N–H and O–H groups in total.